The first-order chi connectivity index (χ1) is 13.8. The minimum Gasteiger partial charge on any atom is -0.444 e. The van der Waals surface area contributed by atoms with Gasteiger partial charge in [0, 0.05) is 70.5 Å². The van der Waals surface area contributed by atoms with E-state index < -0.39 is 5.60 Å². The van der Waals surface area contributed by atoms with Crippen LogP contribution in [0.1, 0.15) is 46.5 Å². The van der Waals surface area contributed by atoms with Gasteiger partial charge in [0.2, 0.25) is 0 Å². The lowest BCUT2D eigenvalue weighted by atomic mass is 9.98. The van der Waals surface area contributed by atoms with Crippen LogP contribution >= 0.6 is 24.0 Å². The van der Waals surface area contributed by atoms with E-state index in [1.807, 2.05) is 32.7 Å². The zero-order chi connectivity index (χ0) is 20.6. The quantitative estimate of drug-likeness (QED) is 0.327. The molecule has 3 unspecified atom stereocenters. The minimum atomic E-state index is -0.442. The lowest BCUT2D eigenvalue weighted by molar-refractivity contribution is 0.00536. The molecule has 9 heteroatoms. The van der Waals surface area contributed by atoms with Gasteiger partial charge in [0.15, 0.2) is 5.96 Å². The lowest BCUT2D eigenvalue weighted by Crippen LogP contribution is -2.64. The highest BCUT2D eigenvalue weighted by Crippen LogP contribution is 2.36. The summed E-state index contributed by atoms with van der Waals surface area (Å²) in [6.07, 6.45) is 3.91. The van der Waals surface area contributed by atoms with E-state index in [0.717, 1.165) is 44.7 Å². The molecule has 4 bridgehead atoms. The minimum absolute atomic E-state index is 0. The molecule has 3 atom stereocenters. The average Bonchev–Trinajstić information content (AvgIpc) is 2.96. The van der Waals surface area contributed by atoms with Crippen LogP contribution in [-0.4, -0.2) is 103 Å². The number of hydrogen-bond donors (Lipinski definition) is 2. The second-order valence-electron chi connectivity index (χ2n) is 10.0. The van der Waals surface area contributed by atoms with Gasteiger partial charge in [-0.2, -0.15) is 0 Å². The smallest absolute Gasteiger partial charge is 0.410 e. The van der Waals surface area contributed by atoms with E-state index in [9.17, 15) is 4.79 Å². The van der Waals surface area contributed by atoms with E-state index in [0.29, 0.717) is 12.1 Å². The summed E-state index contributed by atoms with van der Waals surface area (Å²) < 4.78 is 5.65. The van der Waals surface area contributed by atoms with Crippen LogP contribution < -0.4 is 10.6 Å². The number of piperazine rings is 3. The van der Waals surface area contributed by atoms with Gasteiger partial charge in [-0.05, 0) is 46.5 Å². The number of rotatable bonds is 3. The molecule has 5 heterocycles. The Morgan fingerprint density at radius 1 is 1.10 bits per heavy atom. The third-order valence-corrected chi connectivity index (χ3v) is 6.80. The molecule has 5 fully saturated rings. The Balaban J connectivity index is 0.00000256. The van der Waals surface area contributed by atoms with Crippen molar-refractivity contribution < 1.29 is 9.53 Å². The molecule has 8 nitrogen and oxygen atoms in total. The van der Waals surface area contributed by atoms with Gasteiger partial charge in [-0.3, -0.25) is 14.8 Å². The number of ether oxygens (including phenoxy) is 1. The monoisotopic (exact) mass is 534 g/mol. The van der Waals surface area contributed by atoms with Crippen molar-refractivity contribution in [3.8, 4) is 0 Å². The highest BCUT2D eigenvalue weighted by molar-refractivity contribution is 14.0. The van der Waals surface area contributed by atoms with Crippen molar-refractivity contribution in [3.63, 3.8) is 0 Å². The van der Waals surface area contributed by atoms with Gasteiger partial charge < -0.3 is 20.3 Å². The van der Waals surface area contributed by atoms with Crippen LogP contribution in [0.15, 0.2) is 4.99 Å². The number of piperidine rings is 1. The summed E-state index contributed by atoms with van der Waals surface area (Å²) >= 11 is 0. The van der Waals surface area contributed by atoms with Crippen molar-refractivity contribution in [1.82, 2.24) is 25.3 Å². The molecule has 2 N–H and O–H groups in total. The maximum absolute atomic E-state index is 12.6. The zero-order valence-electron chi connectivity index (χ0n) is 18.9. The first kappa shape index (κ1) is 23.8. The van der Waals surface area contributed by atoms with E-state index in [2.05, 4.69) is 25.4 Å². The largest absolute Gasteiger partial charge is 0.444 e. The first-order valence-electron chi connectivity index (χ1n) is 11.3. The second-order valence-corrected chi connectivity index (χ2v) is 10.0. The van der Waals surface area contributed by atoms with Crippen molar-refractivity contribution in [2.24, 2.45) is 4.99 Å². The van der Waals surface area contributed by atoms with Gasteiger partial charge >= 0.3 is 6.09 Å². The number of halogens is 1. The Kier molecular flexibility index (Phi) is 7.76. The molecule has 5 saturated heterocycles. The summed E-state index contributed by atoms with van der Waals surface area (Å²) in [5, 5.41) is 7.18. The third-order valence-electron chi connectivity index (χ3n) is 6.80. The molecule has 5 rings (SSSR count). The lowest BCUT2D eigenvalue weighted by Gasteiger charge is -2.47. The van der Waals surface area contributed by atoms with E-state index >= 15 is 0 Å². The van der Waals surface area contributed by atoms with Gasteiger partial charge in [0.25, 0.3) is 0 Å². The zero-order valence-corrected chi connectivity index (χ0v) is 21.2. The molecular weight excluding hydrogens is 495 g/mol. The fourth-order valence-corrected chi connectivity index (χ4v) is 5.43. The number of nitrogens with zero attached hydrogens (tertiary/aromatic N) is 4. The fourth-order valence-electron chi connectivity index (χ4n) is 5.43. The maximum Gasteiger partial charge on any atom is 0.410 e. The molecule has 0 aromatic carbocycles. The van der Waals surface area contributed by atoms with Gasteiger partial charge in [0.1, 0.15) is 5.60 Å². The number of carbonyl (C=O) groups is 1. The topological polar surface area (TPSA) is 72.4 Å². The van der Waals surface area contributed by atoms with E-state index in [-0.39, 0.29) is 42.2 Å². The molecule has 5 aliphatic heterocycles. The number of aliphatic imine (C=N–C) groups is 1. The molecule has 30 heavy (non-hydrogen) atoms. The van der Waals surface area contributed by atoms with Crippen LogP contribution in [0.2, 0.25) is 0 Å². The first-order valence-corrected chi connectivity index (χ1v) is 11.3. The van der Waals surface area contributed by atoms with Crippen LogP contribution in [0.3, 0.4) is 0 Å². The van der Waals surface area contributed by atoms with Gasteiger partial charge in [0.05, 0.1) is 0 Å². The van der Waals surface area contributed by atoms with Gasteiger partial charge in [-0.25, -0.2) is 4.79 Å². The molecule has 1 amide bonds. The van der Waals surface area contributed by atoms with Gasteiger partial charge in [-0.1, -0.05) is 0 Å². The fraction of sp³-hybridized carbons (Fsp3) is 0.905. The van der Waals surface area contributed by atoms with E-state index in [4.69, 9.17) is 4.74 Å². The predicted molar refractivity (Wildman–Crippen MR) is 130 cm³/mol. The van der Waals surface area contributed by atoms with Crippen LogP contribution in [-0.2, 0) is 4.74 Å². The van der Waals surface area contributed by atoms with Gasteiger partial charge in [-0.15, -0.1) is 24.0 Å². The Bertz CT molecular complexity index is 617. The van der Waals surface area contributed by atoms with E-state index in [1.165, 1.54) is 26.2 Å². The predicted octanol–water partition coefficient (Wildman–Crippen LogP) is 1.70. The standard InChI is InChI=1S/C21H38N6O2.HI/c1-21(2,3)29-20(28)27-16-5-6-17(27)12-15(11-16)24-19(22-4)23-13-18-14-25-7-9-26(18)10-8-25;/h15-18H,5-14H2,1-4H3,(H2,22,23,24);1H. The molecule has 0 aromatic heterocycles. The van der Waals surface area contributed by atoms with E-state index in [1.54, 1.807) is 0 Å². The Labute approximate surface area is 198 Å². The summed E-state index contributed by atoms with van der Waals surface area (Å²) in [6, 6.07) is 1.46. The summed E-state index contributed by atoms with van der Waals surface area (Å²) in [5.74, 6) is 0.887. The number of guanidine groups is 1. The van der Waals surface area contributed by atoms with Crippen LogP contribution in [0.25, 0.3) is 0 Å². The normalized spacial score (nSPS) is 35.6. The van der Waals surface area contributed by atoms with Crippen LogP contribution in [0.5, 0.6) is 0 Å². The molecule has 0 radical (unpaired) electrons. The Morgan fingerprint density at radius 2 is 1.73 bits per heavy atom. The summed E-state index contributed by atoms with van der Waals surface area (Å²) in [7, 11) is 1.84. The summed E-state index contributed by atoms with van der Waals surface area (Å²) in [5.41, 5.74) is -0.442. The van der Waals surface area contributed by atoms with Crippen molar-refractivity contribution >= 4 is 36.0 Å². The highest BCUT2D eigenvalue weighted by Gasteiger charge is 2.45. The van der Waals surface area contributed by atoms with Crippen molar-refractivity contribution in [1.29, 1.82) is 0 Å². The average molecular weight is 534 g/mol. The van der Waals surface area contributed by atoms with Crippen molar-refractivity contribution in [2.75, 3.05) is 46.3 Å². The molecule has 5 aliphatic rings. The molecule has 0 saturated carbocycles. The number of nitrogens with one attached hydrogen (secondary N) is 2. The molecule has 0 aromatic rings. The molecule has 172 valence electrons. The SMILES string of the molecule is CN=C(NCC1CN2CCN1CC2)NC1CC2CCC(C1)N2C(=O)OC(C)(C)C.I. The van der Waals surface area contributed by atoms with Crippen LogP contribution in [0, 0.1) is 0 Å². The summed E-state index contributed by atoms with van der Waals surface area (Å²) in [6.45, 7) is 12.7. The molecule has 0 spiro atoms. The Hall–Kier alpha value is -0.810. The van der Waals surface area contributed by atoms with Crippen LogP contribution in [0.4, 0.5) is 4.79 Å². The highest BCUT2D eigenvalue weighted by atomic mass is 127. The third kappa shape index (κ3) is 5.51. The second kappa shape index (κ2) is 9.77. The number of hydrogen-bond acceptors (Lipinski definition) is 5. The number of amides is 1. The van der Waals surface area contributed by atoms with Crippen molar-refractivity contribution in [2.45, 2.75) is 76.2 Å². The van der Waals surface area contributed by atoms with Crippen molar-refractivity contribution in [3.05, 3.63) is 0 Å². The number of carbonyl (C=O) groups excluding carboxylic acids is 1. The maximum atomic E-state index is 12.6. The molecule has 0 aliphatic carbocycles. The summed E-state index contributed by atoms with van der Waals surface area (Å²) in [4.78, 5) is 24.3. The Morgan fingerprint density at radius 3 is 2.23 bits per heavy atom. The number of fused-ring (bicyclic) bond motifs is 5. The molecular formula is C21H39IN6O2.